The first-order valence-corrected chi connectivity index (χ1v) is 16.4. The van der Waals surface area contributed by atoms with Gasteiger partial charge in [-0.25, -0.2) is 26.8 Å². The summed E-state index contributed by atoms with van der Waals surface area (Å²) in [7, 11) is -7.31. The Balaban J connectivity index is 1.34. The van der Waals surface area contributed by atoms with E-state index in [2.05, 4.69) is 35.5 Å². The van der Waals surface area contributed by atoms with Gasteiger partial charge in [-0.3, -0.25) is 4.72 Å². The highest BCUT2D eigenvalue weighted by atomic mass is 32.2. The van der Waals surface area contributed by atoms with Crippen molar-refractivity contribution in [3.63, 3.8) is 0 Å². The SMILES string of the molecule is CC(C)(C)c1ccc(S(=O)(=O)NC2=C(c3ccc4c(c3)OCO4)C(OCCOc3ncc(S(C)(=O)=O)cn3)=CC2)cc1. The lowest BCUT2D eigenvalue weighted by Gasteiger charge is -2.19. The lowest BCUT2D eigenvalue weighted by atomic mass is 9.87. The molecule has 5 rings (SSSR count). The molecular weight excluding hydrogens is 582 g/mol. The lowest BCUT2D eigenvalue weighted by Crippen LogP contribution is -2.23. The molecule has 13 heteroatoms. The Morgan fingerprint density at radius 1 is 0.881 bits per heavy atom. The van der Waals surface area contributed by atoms with Gasteiger partial charge < -0.3 is 18.9 Å². The first-order valence-electron chi connectivity index (χ1n) is 13.1. The summed E-state index contributed by atoms with van der Waals surface area (Å²) >= 11 is 0. The third-order valence-electron chi connectivity index (χ3n) is 6.59. The Hall–Kier alpha value is -4.10. The zero-order valence-corrected chi connectivity index (χ0v) is 25.2. The van der Waals surface area contributed by atoms with Crippen molar-refractivity contribution < 1.29 is 35.8 Å². The topological polar surface area (TPSA) is 143 Å². The van der Waals surface area contributed by atoms with Crippen molar-refractivity contribution in [1.82, 2.24) is 14.7 Å². The molecule has 1 aliphatic heterocycles. The highest BCUT2D eigenvalue weighted by Gasteiger charge is 2.27. The van der Waals surface area contributed by atoms with E-state index in [0.29, 0.717) is 34.1 Å². The molecule has 2 aromatic carbocycles. The number of fused-ring (bicyclic) bond motifs is 1. The van der Waals surface area contributed by atoms with Crippen molar-refractivity contribution in [2.45, 2.75) is 42.4 Å². The minimum absolute atomic E-state index is 0.00358. The van der Waals surface area contributed by atoms with Crippen LogP contribution in [0.2, 0.25) is 0 Å². The maximum atomic E-state index is 13.4. The fourth-order valence-electron chi connectivity index (χ4n) is 4.35. The lowest BCUT2D eigenvalue weighted by molar-refractivity contribution is 0.159. The molecule has 42 heavy (non-hydrogen) atoms. The highest BCUT2D eigenvalue weighted by Crippen LogP contribution is 2.40. The molecule has 1 aromatic heterocycles. The van der Waals surface area contributed by atoms with Crippen molar-refractivity contribution >= 4 is 25.4 Å². The molecule has 0 radical (unpaired) electrons. The van der Waals surface area contributed by atoms with E-state index >= 15 is 0 Å². The van der Waals surface area contributed by atoms with Crippen LogP contribution in [0.25, 0.3) is 5.57 Å². The van der Waals surface area contributed by atoms with E-state index in [1.807, 2.05) is 18.2 Å². The molecule has 3 aromatic rings. The molecule has 11 nitrogen and oxygen atoms in total. The third-order valence-corrected chi connectivity index (χ3v) is 9.07. The molecular formula is C29H31N3O8S2. The molecule has 0 fully saturated rings. The smallest absolute Gasteiger partial charge is 0.316 e. The number of hydrogen-bond acceptors (Lipinski definition) is 10. The van der Waals surface area contributed by atoms with Crippen LogP contribution in [-0.2, 0) is 30.0 Å². The van der Waals surface area contributed by atoms with Crippen LogP contribution in [0.1, 0.15) is 38.3 Å². The summed E-state index contributed by atoms with van der Waals surface area (Å²) in [4.78, 5) is 7.97. The fourth-order valence-corrected chi connectivity index (χ4v) is 5.96. The van der Waals surface area contributed by atoms with Crippen molar-refractivity contribution in [3.8, 4) is 17.5 Å². The first kappa shape index (κ1) is 29.4. The van der Waals surface area contributed by atoms with Crippen LogP contribution in [0.15, 0.2) is 82.2 Å². The summed E-state index contributed by atoms with van der Waals surface area (Å²) in [5, 5.41) is 0. The Morgan fingerprint density at radius 3 is 2.21 bits per heavy atom. The summed E-state index contributed by atoms with van der Waals surface area (Å²) < 4.78 is 75.2. The second-order valence-corrected chi connectivity index (χ2v) is 14.4. The van der Waals surface area contributed by atoms with Gasteiger partial charge in [0, 0.05) is 23.9 Å². The maximum Gasteiger partial charge on any atom is 0.316 e. The second-order valence-electron chi connectivity index (χ2n) is 10.7. The number of hydrogen-bond donors (Lipinski definition) is 1. The Kier molecular flexibility index (Phi) is 7.90. The number of nitrogens with one attached hydrogen (secondary N) is 1. The first-order chi connectivity index (χ1) is 19.8. The minimum atomic E-state index is -3.89. The summed E-state index contributed by atoms with van der Waals surface area (Å²) in [6.07, 6.45) is 5.49. The van der Waals surface area contributed by atoms with Crippen LogP contribution >= 0.6 is 0 Å². The quantitative estimate of drug-likeness (QED) is 0.334. The normalized spacial score (nSPS) is 15.0. The molecule has 0 amide bonds. The molecule has 222 valence electrons. The van der Waals surface area contributed by atoms with Gasteiger partial charge in [-0.05, 0) is 46.9 Å². The molecule has 0 saturated heterocycles. The summed E-state index contributed by atoms with van der Waals surface area (Å²) in [5.41, 5.74) is 2.62. The van der Waals surface area contributed by atoms with Crippen LogP contribution < -0.4 is 18.9 Å². The number of ether oxygens (including phenoxy) is 4. The van der Waals surface area contributed by atoms with Gasteiger partial charge >= 0.3 is 6.01 Å². The molecule has 1 N–H and O–H groups in total. The van der Waals surface area contributed by atoms with Crippen molar-refractivity contribution in [2.24, 2.45) is 0 Å². The third kappa shape index (κ3) is 6.52. The molecule has 0 spiro atoms. The van der Waals surface area contributed by atoms with Crippen LogP contribution in [-0.4, -0.2) is 53.1 Å². The van der Waals surface area contributed by atoms with E-state index in [0.717, 1.165) is 11.8 Å². The fraction of sp³-hybridized carbons (Fsp3) is 0.310. The van der Waals surface area contributed by atoms with Gasteiger partial charge in [0.25, 0.3) is 10.0 Å². The number of aromatic nitrogens is 2. The summed E-state index contributed by atoms with van der Waals surface area (Å²) in [5.74, 6) is 1.61. The van der Waals surface area contributed by atoms with Gasteiger partial charge in [0.05, 0.1) is 17.3 Å². The zero-order valence-electron chi connectivity index (χ0n) is 23.6. The number of rotatable bonds is 10. The number of allylic oxidation sites excluding steroid dienone is 2. The average molecular weight is 614 g/mol. The Bertz CT molecular complexity index is 1760. The standard InChI is InChI=1S/C29H31N3O8S2/c1-29(2,3)20-6-8-21(9-7-20)42(35,36)32-23-10-12-25(27(23)19-5-11-24-26(15-19)40-18-39-24)37-13-14-38-28-30-16-22(17-31-28)41(4,33)34/h5-9,11-12,15-17,32H,10,13-14,18H2,1-4H3. The van der Waals surface area contributed by atoms with Crippen molar-refractivity contribution in [3.05, 3.63) is 83.5 Å². The Labute approximate surface area is 245 Å². The molecule has 0 saturated carbocycles. The molecule has 0 atom stereocenters. The van der Waals surface area contributed by atoms with Crippen molar-refractivity contribution in [1.29, 1.82) is 0 Å². The van der Waals surface area contributed by atoms with Crippen LogP contribution in [0.3, 0.4) is 0 Å². The van der Waals surface area contributed by atoms with E-state index in [1.165, 1.54) is 12.4 Å². The molecule has 0 bridgehead atoms. The average Bonchev–Trinajstić information content (AvgIpc) is 3.56. The predicted octanol–water partition coefficient (Wildman–Crippen LogP) is 3.98. The summed E-state index contributed by atoms with van der Waals surface area (Å²) in [6.45, 7) is 6.45. The van der Waals surface area contributed by atoms with Gasteiger partial charge in [-0.1, -0.05) is 39.0 Å². The molecule has 0 unspecified atom stereocenters. The van der Waals surface area contributed by atoms with Gasteiger partial charge in [0.2, 0.25) is 6.79 Å². The van der Waals surface area contributed by atoms with Gasteiger partial charge in [0.15, 0.2) is 21.3 Å². The monoisotopic (exact) mass is 613 g/mol. The summed E-state index contributed by atoms with van der Waals surface area (Å²) in [6, 6.07) is 12.2. The minimum Gasteiger partial charge on any atom is -0.490 e. The number of nitrogens with zero attached hydrogens (tertiary/aromatic N) is 2. The molecule has 1 aliphatic carbocycles. The van der Waals surface area contributed by atoms with Gasteiger partial charge in [0.1, 0.15) is 23.9 Å². The van der Waals surface area contributed by atoms with Gasteiger partial charge in [-0.2, -0.15) is 0 Å². The number of benzene rings is 2. The predicted molar refractivity (Wildman–Crippen MR) is 154 cm³/mol. The Morgan fingerprint density at radius 2 is 1.55 bits per heavy atom. The number of sulfonamides is 1. The van der Waals surface area contributed by atoms with E-state index in [1.54, 1.807) is 30.3 Å². The number of sulfone groups is 1. The van der Waals surface area contributed by atoms with Crippen LogP contribution in [0, 0.1) is 0 Å². The molecule has 2 heterocycles. The second kappa shape index (κ2) is 11.3. The van der Waals surface area contributed by atoms with E-state index in [4.69, 9.17) is 18.9 Å². The molecule has 2 aliphatic rings. The van der Waals surface area contributed by atoms with E-state index in [-0.39, 0.29) is 47.6 Å². The van der Waals surface area contributed by atoms with Crippen LogP contribution in [0.5, 0.6) is 17.5 Å². The maximum absolute atomic E-state index is 13.4. The van der Waals surface area contributed by atoms with Crippen molar-refractivity contribution in [2.75, 3.05) is 26.3 Å². The largest absolute Gasteiger partial charge is 0.490 e. The van der Waals surface area contributed by atoms with E-state index in [9.17, 15) is 16.8 Å². The van der Waals surface area contributed by atoms with Gasteiger partial charge in [-0.15, -0.1) is 0 Å². The zero-order chi connectivity index (χ0) is 30.1. The highest BCUT2D eigenvalue weighted by molar-refractivity contribution is 7.90. The van der Waals surface area contributed by atoms with E-state index < -0.39 is 19.9 Å². The van der Waals surface area contributed by atoms with Crippen LogP contribution in [0.4, 0.5) is 0 Å².